The van der Waals surface area contributed by atoms with Crippen molar-refractivity contribution in [2.45, 2.75) is 13.8 Å². The quantitative estimate of drug-likeness (QED) is 0.705. The molecular formula is C12H20N2O. The van der Waals surface area contributed by atoms with Crippen molar-refractivity contribution in [3.63, 3.8) is 0 Å². The molecule has 3 heteroatoms. The van der Waals surface area contributed by atoms with Crippen molar-refractivity contribution in [2.75, 3.05) is 37.4 Å². The Morgan fingerprint density at radius 2 is 2.07 bits per heavy atom. The minimum absolute atomic E-state index is 0.730. The first kappa shape index (κ1) is 11.9. The fourth-order valence-corrected chi connectivity index (χ4v) is 1.46. The van der Waals surface area contributed by atoms with E-state index in [-0.39, 0.29) is 0 Å². The van der Waals surface area contributed by atoms with Crippen LogP contribution in [0.15, 0.2) is 18.2 Å². The minimum atomic E-state index is 0.730. The second-order valence-corrected chi connectivity index (χ2v) is 3.48. The highest BCUT2D eigenvalue weighted by atomic mass is 16.5. The van der Waals surface area contributed by atoms with Crippen molar-refractivity contribution in [1.82, 2.24) is 0 Å². The Balaban J connectivity index is 2.56. The number of benzene rings is 1. The molecule has 3 nitrogen and oxygen atoms in total. The number of nitrogens with one attached hydrogen (secondary N) is 2. The van der Waals surface area contributed by atoms with Gasteiger partial charge in [-0.1, -0.05) is 0 Å². The average Bonchev–Trinajstić information content (AvgIpc) is 2.23. The van der Waals surface area contributed by atoms with Gasteiger partial charge < -0.3 is 15.4 Å². The van der Waals surface area contributed by atoms with Gasteiger partial charge in [0.2, 0.25) is 0 Å². The van der Waals surface area contributed by atoms with Crippen LogP contribution in [0.3, 0.4) is 0 Å². The van der Waals surface area contributed by atoms with Gasteiger partial charge in [-0.05, 0) is 37.6 Å². The zero-order chi connectivity index (χ0) is 11.1. The number of ether oxygens (including phenoxy) is 1. The Kier molecular flexibility index (Phi) is 4.98. The summed E-state index contributed by atoms with van der Waals surface area (Å²) in [5.41, 5.74) is 3.61. The zero-order valence-corrected chi connectivity index (χ0v) is 9.76. The summed E-state index contributed by atoms with van der Waals surface area (Å²) in [6.45, 7) is 6.74. The highest BCUT2D eigenvalue weighted by molar-refractivity contribution is 5.59. The van der Waals surface area contributed by atoms with Crippen LogP contribution in [0, 0.1) is 6.92 Å². The molecule has 0 unspecified atom stereocenters. The lowest BCUT2D eigenvalue weighted by Gasteiger charge is -2.11. The average molecular weight is 208 g/mol. The number of rotatable bonds is 6. The lowest BCUT2D eigenvalue weighted by Crippen LogP contribution is -2.08. The number of anilines is 2. The van der Waals surface area contributed by atoms with Gasteiger partial charge in [-0.2, -0.15) is 0 Å². The molecule has 0 heterocycles. The van der Waals surface area contributed by atoms with Crippen LogP contribution in [0.4, 0.5) is 11.4 Å². The summed E-state index contributed by atoms with van der Waals surface area (Å²) in [6, 6.07) is 6.34. The summed E-state index contributed by atoms with van der Waals surface area (Å²) < 4.78 is 4.98. The molecule has 84 valence electrons. The van der Waals surface area contributed by atoms with E-state index in [0.29, 0.717) is 0 Å². The molecule has 0 saturated heterocycles. The normalized spacial score (nSPS) is 10.1. The van der Waals surface area contributed by atoms with Crippen LogP contribution in [0.5, 0.6) is 0 Å². The lowest BCUT2D eigenvalue weighted by molar-refractivity contribution is 0.211. The maximum absolute atomic E-state index is 4.98. The summed E-state index contributed by atoms with van der Waals surface area (Å²) in [5, 5.41) is 6.62. The van der Waals surface area contributed by atoms with E-state index in [4.69, 9.17) is 4.74 Å². The Bertz CT molecular complexity index is 300. The number of methoxy groups -OCH3 is 1. The van der Waals surface area contributed by atoms with Crippen LogP contribution in [-0.4, -0.2) is 26.8 Å². The molecular weight excluding hydrogens is 188 g/mol. The predicted molar refractivity (Wildman–Crippen MR) is 65.7 cm³/mol. The van der Waals surface area contributed by atoms with E-state index in [1.54, 1.807) is 7.11 Å². The van der Waals surface area contributed by atoms with E-state index >= 15 is 0 Å². The van der Waals surface area contributed by atoms with Gasteiger partial charge in [-0.25, -0.2) is 0 Å². The van der Waals surface area contributed by atoms with Crippen molar-refractivity contribution in [3.8, 4) is 0 Å². The van der Waals surface area contributed by atoms with Crippen LogP contribution in [0.1, 0.15) is 12.5 Å². The Morgan fingerprint density at radius 3 is 2.67 bits per heavy atom. The third-order valence-electron chi connectivity index (χ3n) is 2.23. The van der Waals surface area contributed by atoms with Crippen molar-refractivity contribution in [3.05, 3.63) is 23.8 Å². The van der Waals surface area contributed by atoms with Gasteiger partial charge in [0.05, 0.1) is 6.61 Å². The molecule has 1 aromatic rings. The molecule has 2 N–H and O–H groups in total. The molecule has 0 aromatic heterocycles. The van der Waals surface area contributed by atoms with Crippen molar-refractivity contribution in [1.29, 1.82) is 0 Å². The van der Waals surface area contributed by atoms with Crippen LogP contribution in [-0.2, 0) is 4.74 Å². The molecule has 0 aliphatic carbocycles. The molecule has 0 fully saturated rings. The Labute approximate surface area is 91.8 Å². The van der Waals surface area contributed by atoms with Gasteiger partial charge in [-0.3, -0.25) is 0 Å². The van der Waals surface area contributed by atoms with Gasteiger partial charge in [0.1, 0.15) is 0 Å². The molecule has 1 rings (SSSR count). The third-order valence-corrected chi connectivity index (χ3v) is 2.23. The Hall–Kier alpha value is -1.22. The molecule has 0 aliphatic rings. The van der Waals surface area contributed by atoms with Crippen molar-refractivity contribution >= 4 is 11.4 Å². The molecule has 0 atom stereocenters. The first-order valence-electron chi connectivity index (χ1n) is 5.35. The summed E-state index contributed by atoms with van der Waals surface area (Å²) >= 11 is 0. The van der Waals surface area contributed by atoms with E-state index in [0.717, 1.165) is 25.4 Å². The van der Waals surface area contributed by atoms with E-state index in [2.05, 4.69) is 42.7 Å². The lowest BCUT2D eigenvalue weighted by atomic mass is 10.1. The Morgan fingerprint density at radius 1 is 1.27 bits per heavy atom. The second-order valence-electron chi connectivity index (χ2n) is 3.48. The van der Waals surface area contributed by atoms with Crippen molar-refractivity contribution < 1.29 is 4.74 Å². The van der Waals surface area contributed by atoms with E-state index < -0.39 is 0 Å². The van der Waals surface area contributed by atoms with Gasteiger partial charge in [0.25, 0.3) is 0 Å². The highest BCUT2D eigenvalue weighted by Gasteiger charge is 1.98. The highest BCUT2D eigenvalue weighted by Crippen LogP contribution is 2.19. The van der Waals surface area contributed by atoms with Gasteiger partial charge in [-0.15, -0.1) is 0 Å². The molecule has 15 heavy (non-hydrogen) atoms. The number of hydrogen-bond acceptors (Lipinski definition) is 3. The summed E-state index contributed by atoms with van der Waals surface area (Å²) in [5.74, 6) is 0. The van der Waals surface area contributed by atoms with Gasteiger partial charge >= 0.3 is 0 Å². The first-order valence-corrected chi connectivity index (χ1v) is 5.35. The molecule has 0 bridgehead atoms. The standard InChI is InChI=1S/C12H20N2O/c1-4-13-12-6-5-11(9-10(12)2)14-7-8-15-3/h5-6,9,13-14H,4,7-8H2,1-3H3. The maximum atomic E-state index is 4.98. The van der Waals surface area contributed by atoms with Crippen LogP contribution >= 0.6 is 0 Å². The molecule has 0 aliphatic heterocycles. The van der Waals surface area contributed by atoms with E-state index in [1.807, 2.05) is 0 Å². The maximum Gasteiger partial charge on any atom is 0.0635 e. The molecule has 0 spiro atoms. The van der Waals surface area contributed by atoms with Crippen LogP contribution < -0.4 is 10.6 Å². The number of hydrogen-bond donors (Lipinski definition) is 2. The smallest absolute Gasteiger partial charge is 0.0635 e. The van der Waals surface area contributed by atoms with Gasteiger partial charge in [0.15, 0.2) is 0 Å². The SMILES string of the molecule is CCNc1ccc(NCCOC)cc1C. The van der Waals surface area contributed by atoms with E-state index in [9.17, 15) is 0 Å². The number of aryl methyl sites for hydroxylation is 1. The minimum Gasteiger partial charge on any atom is -0.385 e. The van der Waals surface area contributed by atoms with Gasteiger partial charge in [0, 0.05) is 31.6 Å². The van der Waals surface area contributed by atoms with E-state index in [1.165, 1.54) is 11.3 Å². The molecule has 0 saturated carbocycles. The summed E-state index contributed by atoms with van der Waals surface area (Å²) in [7, 11) is 1.71. The third kappa shape index (κ3) is 3.80. The topological polar surface area (TPSA) is 33.3 Å². The monoisotopic (exact) mass is 208 g/mol. The largest absolute Gasteiger partial charge is 0.385 e. The fourth-order valence-electron chi connectivity index (χ4n) is 1.46. The van der Waals surface area contributed by atoms with Crippen LogP contribution in [0.2, 0.25) is 0 Å². The summed E-state index contributed by atoms with van der Waals surface area (Å²) in [6.07, 6.45) is 0. The van der Waals surface area contributed by atoms with Crippen molar-refractivity contribution in [2.24, 2.45) is 0 Å². The summed E-state index contributed by atoms with van der Waals surface area (Å²) in [4.78, 5) is 0. The molecule has 1 aromatic carbocycles. The first-order chi connectivity index (χ1) is 7.27. The molecule has 0 amide bonds. The fraction of sp³-hybridized carbons (Fsp3) is 0.500. The molecule has 0 radical (unpaired) electrons. The van der Waals surface area contributed by atoms with Crippen LogP contribution in [0.25, 0.3) is 0 Å². The zero-order valence-electron chi connectivity index (χ0n) is 9.76. The predicted octanol–water partition coefficient (Wildman–Crippen LogP) is 2.49. The second kappa shape index (κ2) is 6.30.